The highest BCUT2D eigenvalue weighted by molar-refractivity contribution is 6.92. The summed E-state index contributed by atoms with van der Waals surface area (Å²) in [6.45, 7) is 0. The minimum absolute atomic E-state index is 0.650. The molecule has 18 heavy (non-hydrogen) atoms. The molecule has 0 aliphatic rings. The van der Waals surface area contributed by atoms with Crippen LogP contribution in [0, 0.1) is 0 Å². The maximum Gasteiger partial charge on any atom is 0.407 e. The summed E-state index contributed by atoms with van der Waals surface area (Å²) in [5.74, 6) is 0.650. The van der Waals surface area contributed by atoms with Crippen LogP contribution in [0.4, 0.5) is 0 Å². The summed E-state index contributed by atoms with van der Waals surface area (Å²) >= 11 is 0. The molecule has 94 valence electrons. The van der Waals surface area contributed by atoms with Crippen molar-refractivity contribution in [3.8, 4) is 5.75 Å². The van der Waals surface area contributed by atoms with Crippen LogP contribution in [0.15, 0.2) is 54.6 Å². The molecule has 4 heteroatoms. The van der Waals surface area contributed by atoms with Crippen LogP contribution in [0.5, 0.6) is 5.75 Å². The van der Waals surface area contributed by atoms with Gasteiger partial charge in [0.15, 0.2) is 0 Å². The topological polar surface area (TPSA) is 38.7 Å². The van der Waals surface area contributed by atoms with Crippen molar-refractivity contribution in [2.45, 2.75) is 0 Å². The van der Waals surface area contributed by atoms with Crippen molar-refractivity contribution in [2.75, 3.05) is 14.2 Å². The summed E-state index contributed by atoms with van der Waals surface area (Å²) in [6, 6.07) is 16.9. The fraction of sp³-hybridized carbons (Fsp3) is 0.143. The first kappa shape index (κ1) is 12.8. The third-order valence-electron chi connectivity index (χ3n) is 2.93. The largest absolute Gasteiger partial charge is 0.497 e. The van der Waals surface area contributed by atoms with Gasteiger partial charge in [0, 0.05) is 12.3 Å². The number of benzene rings is 2. The number of ether oxygens (including phenoxy) is 1. The molecular weight excluding hydrogens is 244 g/mol. The van der Waals surface area contributed by atoms with E-state index in [0.717, 1.165) is 10.4 Å². The molecule has 0 saturated heterocycles. The lowest BCUT2D eigenvalue weighted by Gasteiger charge is -2.25. The molecule has 0 amide bonds. The molecule has 0 spiro atoms. The quantitative estimate of drug-likeness (QED) is 0.830. The summed E-state index contributed by atoms with van der Waals surface area (Å²) in [5, 5.41) is 1.53. The van der Waals surface area contributed by atoms with E-state index in [-0.39, 0.29) is 0 Å². The van der Waals surface area contributed by atoms with Gasteiger partial charge in [0.05, 0.1) is 7.11 Å². The van der Waals surface area contributed by atoms with Crippen LogP contribution in [-0.4, -0.2) is 27.6 Å². The average molecular weight is 260 g/mol. The van der Waals surface area contributed by atoms with Crippen LogP contribution in [0.2, 0.25) is 0 Å². The monoisotopic (exact) mass is 260 g/mol. The minimum atomic E-state index is -3.17. The maximum absolute atomic E-state index is 10.9. The van der Waals surface area contributed by atoms with Crippen molar-refractivity contribution < 1.29 is 14.0 Å². The summed E-state index contributed by atoms with van der Waals surface area (Å²) in [6.07, 6.45) is 0. The Hall–Kier alpha value is -1.62. The predicted molar refractivity (Wildman–Crippen MR) is 73.7 cm³/mol. The van der Waals surface area contributed by atoms with E-state index in [1.54, 1.807) is 7.11 Å². The van der Waals surface area contributed by atoms with Crippen molar-refractivity contribution >= 4 is 18.9 Å². The summed E-state index contributed by atoms with van der Waals surface area (Å²) < 4.78 is 10.8. The van der Waals surface area contributed by atoms with Gasteiger partial charge in [-0.05, 0) is 11.3 Å². The molecule has 0 radical (unpaired) electrons. The highest BCUT2D eigenvalue weighted by Crippen LogP contribution is 2.12. The van der Waals surface area contributed by atoms with Gasteiger partial charge in [0.1, 0.15) is 5.75 Å². The first-order valence-electron chi connectivity index (χ1n) is 5.69. The van der Waals surface area contributed by atoms with Crippen molar-refractivity contribution in [3.63, 3.8) is 0 Å². The zero-order chi connectivity index (χ0) is 13.0. The Bertz CT molecular complexity index is 515. The molecule has 1 N–H and O–H groups in total. The summed E-state index contributed by atoms with van der Waals surface area (Å²) in [7, 11) is -0.0411. The molecule has 2 rings (SSSR count). The Labute approximate surface area is 108 Å². The van der Waals surface area contributed by atoms with Crippen LogP contribution >= 0.6 is 0 Å². The second-order valence-electron chi connectivity index (χ2n) is 3.91. The van der Waals surface area contributed by atoms with E-state index in [4.69, 9.17) is 9.16 Å². The molecule has 2 aromatic rings. The van der Waals surface area contributed by atoms with E-state index in [2.05, 4.69) is 0 Å². The zero-order valence-corrected chi connectivity index (χ0v) is 11.5. The van der Waals surface area contributed by atoms with Gasteiger partial charge in [0.25, 0.3) is 0 Å². The third kappa shape index (κ3) is 2.18. The maximum atomic E-state index is 10.9. The van der Waals surface area contributed by atoms with E-state index in [1.807, 2.05) is 54.6 Å². The first-order valence-corrected chi connectivity index (χ1v) is 7.54. The van der Waals surface area contributed by atoms with Gasteiger partial charge in [-0.25, -0.2) is 0 Å². The van der Waals surface area contributed by atoms with E-state index in [1.165, 1.54) is 7.11 Å². The molecule has 1 unspecified atom stereocenters. The smallest absolute Gasteiger partial charge is 0.407 e. The normalized spacial score (nSPS) is 13.9. The van der Waals surface area contributed by atoms with Crippen LogP contribution in [-0.2, 0) is 4.43 Å². The lowest BCUT2D eigenvalue weighted by molar-refractivity contribution is 0.319. The number of para-hydroxylation sites is 1. The molecular formula is C14H16O3Si. The molecule has 3 nitrogen and oxygen atoms in total. The van der Waals surface area contributed by atoms with Crippen molar-refractivity contribution in [1.82, 2.24) is 0 Å². The highest BCUT2D eigenvalue weighted by Gasteiger charge is 2.40. The van der Waals surface area contributed by atoms with Crippen LogP contribution in [0.3, 0.4) is 0 Å². The van der Waals surface area contributed by atoms with Gasteiger partial charge < -0.3 is 14.0 Å². The molecule has 0 aromatic heterocycles. The second kappa shape index (κ2) is 5.35. The van der Waals surface area contributed by atoms with E-state index in [9.17, 15) is 4.80 Å². The van der Waals surface area contributed by atoms with Crippen LogP contribution < -0.4 is 15.1 Å². The zero-order valence-electron chi connectivity index (χ0n) is 10.5. The fourth-order valence-corrected chi connectivity index (χ4v) is 4.22. The van der Waals surface area contributed by atoms with E-state index in [0.29, 0.717) is 5.75 Å². The summed E-state index contributed by atoms with van der Waals surface area (Å²) in [5.41, 5.74) is 0. The van der Waals surface area contributed by atoms with E-state index >= 15 is 0 Å². The molecule has 1 atom stereocenters. The number of hydrogen-bond donors (Lipinski definition) is 1. The van der Waals surface area contributed by atoms with Gasteiger partial charge in [-0.1, -0.05) is 48.5 Å². The average Bonchev–Trinajstić information content (AvgIpc) is 2.47. The predicted octanol–water partition coefficient (Wildman–Crippen LogP) is 0.890. The Kier molecular flexibility index (Phi) is 3.81. The Morgan fingerprint density at radius 2 is 1.50 bits per heavy atom. The van der Waals surface area contributed by atoms with Crippen LogP contribution in [0.25, 0.3) is 0 Å². The Balaban J connectivity index is 2.57. The molecule has 2 aromatic carbocycles. The van der Waals surface area contributed by atoms with Gasteiger partial charge in [0.2, 0.25) is 0 Å². The van der Waals surface area contributed by atoms with Gasteiger partial charge in [-0.15, -0.1) is 0 Å². The lowest BCUT2D eigenvalue weighted by atomic mass is 10.3. The number of methoxy groups -OCH3 is 1. The van der Waals surface area contributed by atoms with Crippen LogP contribution in [0.1, 0.15) is 0 Å². The van der Waals surface area contributed by atoms with Crippen molar-refractivity contribution in [3.05, 3.63) is 54.6 Å². The summed E-state index contributed by atoms with van der Waals surface area (Å²) in [4.78, 5) is 10.9. The second-order valence-corrected chi connectivity index (χ2v) is 6.73. The molecule has 0 aliphatic heterocycles. The standard InChI is InChI=1S/C14H16O3Si/c1-16-13-10-6-7-11-14(13)18(15,17-2)12-8-4-3-5-9-12/h3-11,15H,1-2H3. The van der Waals surface area contributed by atoms with Gasteiger partial charge in [-0.3, -0.25) is 0 Å². The number of hydrogen-bond acceptors (Lipinski definition) is 3. The SMILES string of the molecule is COc1ccccc1[Si](O)(OC)c1ccccc1. The Morgan fingerprint density at radius 1 is 0.889 bits per heavy atom. The molecule has 0 aliphatic carbocycles. The molecule has 0 fully saturated rings. The van der Waals surface area contributed by atoms with Gasteiger partial charge in [-0.2, -0.15) is 0 Å². The fourth-order valence-electron chi connectivity index (χ4n) is 1.97. The van der Waals surface area contributed by atoms with Gasteiger partial charge >= 0.3 is 8.56 Å². The highest BCUT2D eigenvalue weighted by atomic mass is 28.4. The molecule has 0 heterocycles. The molecule has 0 bridgehead atoms. The van der Waals surface area contributed by atoms with E-state index < -0.39 is 8.56 Å². The van der Waals surface area contributed by atoms with Crippen molar-refractivity contribution in [2.24, 2.45) is 0 Å². The van der Waals surface area contributed by atoms with Crippen molar-refractivity contribution in [1.29, 1.82) is 0 Å². The minimum Gasteiger partial charge on any atom is -0.497 e. The Morgan fingerprint density at radius 3 is 2.11 bits per heavy atom. The molecule has 0 saturated carbocycles. The lowest BCUT2D eigenvalue weighted by Crippen LogP contribution is -2.60. The number of rotatable bonds is 4. The first-order chi connectivity index (χ1) is 8.72. The third-order valence-corrected chi connectivity index (χ3v) is 5.78.